The molecule has 0 amide bonds. The van der Waals surface area contributed by atoms with Gasteiger partial charge in [-0.15, -0.1) is 0 Å². The van der Waals surface area contributed by atoms with E-state index in [2.05, 4.69) is 50.4 Å². The van der Waals surface area contributed by atoms with Crippen molar-refractivity contribution in [2.24, 2.45) is 7.05 Å². The maximum absolute atomic E-state index is 4.43. The third-order valence-corrected chi connectivity index (χ3v) is 3.17. The topological polar surface area (TPSA) is 41.9 Å². The molecule has 4 heteroatoms. The van der Waals surface area contributed by atoms with Gasteiger partial charge in [0.15, 0.2) is 0 Å². The van der Waals surface area contributed by atoms with E-state index < -0.39 is 0 Å². The van der Waals surface area contributed by atoms with Crippen molar-refractivity contribution in [3.63, 3.8) is 0 Å². The predicted octanol–water partition coefficient (Wildman–Crippen LogP) is 1.56. The van der Waals surface area contributed by atoms with Crippen LogP contribution in [0.4, 0.5) is 0 Å². The molecule has 1 rings (SSSR count). The van der Waals surface area contributed by atoms with Crippen molar-refractivity contribution >= 4 is 0 Å². The normalized spacial score (nSPS) is 12.1. The molecule has 104 valence electrons. The molecular formula is C14H28N4. The molecule has 0 radical (unpaired) electrons. The van der Waals surface area contributed by atoms with E-state index in [1.165, 1.54) is 11.3 Å². The van der Waals surface area contributed by atoms with Crippen molar-refractivity contribution in [2.45, 2.75) is 46.6 Å². The number of rotatable bonds is 6. The van der Waals surface area contributed by atoms with Crippen LogP contribution in [-0.4, -0.2) is 35.0 Å². The standard InChI is InChI=1S/C14H28N4/c1-11-13(12(2)18(6)17-11)7-8-15-9-10-16-14(3,4)5/h15-16H,7-10H2,1-6H3. The molecule has 0 saturated heterocycles. The first kappa shape index (κ1) is 15.2. The lowest BCUT2D eigenvalue weighted by Crippen LogP contribution is -2.40. The molecule has 1 aromatic rings. The highest BCUT2D eigenvalue weighted by molar-refractivity contribution is 5.24. The van der Waals surface area contributed by atoms with Crippen LogP contribution in [0.5, 0.6) is 0 Å². The minimum atomic E-state index is 0.207. The molecule has 0 saturated carbocycles. The number of aromatic nitrogens is 2. The number of nitrogens with one attached hydrogen (secondary N) is 2. The Hall–Kier alpha value is -0.870. The van der Waals surface area contributed by atoms with Crippen LogP contribution >= 0.6 is 0 Å². The highest BCUT2D eigenvalue weighted by atomic mass is 15.3. The Labute approximate surface area is 111 Å². The summed E-state index contributed by atoms with van der Waals surface area (Å²) in [6.45, 7) is 13.8. The van der Waals surface area contributed by atoms with Crippen molar-refractivity contribution in [3.05, 3.63) is 17.0 Å². The molecule has 0 spiro atoms. The van der Waals surface area contributed by atoms with E-state index in [4.69, 9.17) is 0 Å². The van der Waals surface area contributed by atoms with Crippen LogP contribution in [0.1, 0.15) is 37.7 Å². The van der Waals surface area contributed by atoms with E-state index in [1.54, 1.807) is 0 Å². The molecule has 0 fully saturated rings. The van der Waals surface area contributed by atoms with Crippen molar-refractivity contribution in [2.75, 3.05) is 19.6 Å². The van der Waals surface area contributed by atoms with Gasteiger partial charge in [0.25, 0.3) is 0 Å². The summed E-state index contributed by atoms with van der Waals surface area (Å²) in [5, 5.41) is 11.4. The Morgan fingerprint density at radius 1 is 1.11 bits per heavy atom. The average molecular weight is 252 g/mol. The summed E-state index contributed by atoms with van der Waals surface area (Å²) in [6, 6.07) is 0. The zero-order chi connectivity index (χ0) is 13.8. The van der Waals surface area contributed by atoms with Crippen LogP contribution in [0.15, 0.2) is 0 Å². The largest absolute Gasteiger partial charge is 0.315 e. The van der Waals surface area contributed by atoms with Crippen LogP contribution < -0.4 is 10.6 Å². The van der Waals surface area contributed by atoms with E-state index in [0.717, 1.165) is 31.7 Å². The van der Waals surface area contributed by atoms with Crippen LogP contribution in [0.3, 0.4) is 0 Å². The number of aryl methyl sites for hydroxylation is 2. The maximum Gasteiger partial charge on any atom is 0.0628 e. The first-order valence-corrected chi connectivity index (χ1v) is 6.76. The SMILES string of the molecule is Cc1nn(C)c(C)c1CCNCCNC(C)(C)C. The van der Waals surface area contributed by atoms with Gasteiger partial charge < -0.3 is 10.6 Å². The Morgan fingerprint density at radius 2 is 1.78 bits per heavy atom. The third kappa shape index (κ3) is 4.78. The molecule has 18 heavy (non-hydrogen) atoms. The summed E-state index contributed by atoms with van der Waals surface area (Å²) in [6.07, 6.45) is 1.06. The van der Waals surface area contributed by atoms with Crippen LogP contribution in [0.2, 0.25) is 0 Å². The van der Waals surface area contributed by atoms with Gasteiger partial charge in [0.2, 0.25) is 0 Å². The van der Waals surface area contributed by atoms with Gasteiger partial charge in [0, 0.05) is 31.4 Å². The molecule has 0 aliphatic carbocycles. The fourth-order valence-corrected chi connectivity index (χ4v) is 2.04. The minimum absolute atomic E-state index is 0.207. The Bertz CT molecular complexity index is 374. The van der Waals surface area contributed by atoms with E-state index in [0.29, 0.717) is 0 Å². The van der Waals surface area contributed by atoms with Gasteiger partial charge in [-0.2, -0.15) is 5.10 Å². The Kier molecular flexibility index (Phi) is 5.35. The molecule has 0 aliphatic heterocycles. The summed E-state index contributed by atoms with van der Waals surface area (Å²) in [5.41, 5.74) is 4.03. The molecule has 0 unspecified atom stereocenters. The van der Waals surface area contributed by atoms with E-state index in [-0.39, 0.29) is 5.54 Å². The average Bonchev–Trinajstić information content (AvgIpc) is 2.47. The van der Waals surface area contributed by atoms with Crippen LogP contribution in [-0.2, 0) is 13.5 Å². The lowest BCUT2D eigenvalue weighted by molar-refractivity contribution is 0.422. The first-order chi connectivity index (χ1) is 8.31. The molecule has 0 aromatic carbocycles. The summed E-state index contributed by atoms with van der Waals surface area (Å²) in [5.74, 6) is 0. The Morgan fingerprint density at radius 3 is 2.28 bits per heavy atom. The van der Waals surface area contributed by atoms with Gasteiger partial charge in [0.05, 0.1) is 5.69 Å². The zero-order valence-electron chi connectivity index (χ0n) is 12.7. The lowest BCUT2D eigenvalue weighted by Gasteiger charge is -2.20. The molecule has 4 nitrogen and oxygen atoms in total. The summed E-state index contributed by atoms with van der Waals surface area (Å²) in [7, 11) is 2.01. The first-order valence-electron chi connectivity index (χ1n) is 6.76. The van der Waals surface area contributed by atoms with Crippen molar-refractivity contribution in [1.82, 2.24) is 20.4 Å². The van der Waals surface area contributed by atoms with Crippen LogP contribution in [0, 0.1) is 13.8 Å². The van der Waals surface area contributed by atoms with Crippen LogP contribution in [0.25, 0.3) is 0 Å². The van der Waals surface area contributed by atoms with Crippen molar-refractivity contribution < 1.29 is 0 Å². The fraction of sp³-hybridized carbons (Fsp3) is 0.786. The molecule has 1 aromatic heterocycles. The number of nitrogens with zero attached hydrogens (tertiary/aromatic N) is 2. The van der Waals surface area contributed by atoms with Gasteiger partial charge in [-0.25, -0.2) is 0 Å². The minimum Gasteiger partial charge on any atom is -0.315 e. The van der Waals surface area contributed by atoms with Gasteiger partial charge in [-0.1, -0.05) is 0 Å². The second-order valence-corrected chi connectivity index (χ2v) is 5.95. The molecule has 0 bridgehead atoms. The molecule has 2 N–H and O–H groups in total. The zero-order valence-corrected chi connectivity index (χ0v) is 12.7. The summed E-state index contributed by atoms with van der Waals surface area (Å²) in [4.78, 5) is 0. The second-order valence-electron chi connectivity index (χ2n) is 5.95. The fourth-order valence-electron chi connectivity index (χ4n) is 2.04. The molecule has 1 heterocycles. The quantitative estimate of drug-likeness (QED) is 0.755. The number of hydrogen-bond acceptors (Lipinski definition) is 3. The van der Waals surface area contributed by atoms with E-state index in [1.807, 2.05) is 11.7 Å². The van der Waals surface area contributed by atoms with Gasteiger partial charge in [0.1, 0.15) is 0 Å². The van der Waals surface area contributed by atoms with E-state index in [9.17, 15) is 0 Å². The van der Waals surface area contributed by atoms with Gasteiger partial charge in [-0.05, 0) is 53.1 Å². The monoisotopic (exact) mass is 252 g/mol. The Balaban J connectivity index is 2.22. The number of hydrogen-bond donors (Lipinski definition) is 2. The third-order valence-electron chi connectivity index (χ3n) is 3.17. The van der Waals surface area contributed by atoms with Crippen molar-refractivity contribution in [1.29, 1.82) is 0 Å². The smallest absolute Gasteiger partial charge is 0.0628 e. The van der Waals surface area contributed by atoms with E-state index >= 15 is 0 Å². The summed E-state index contributed by atoms with van der Waals surface area (Å²) >= 11 is 0. The van der Waals surface area contributed by atoms with Gasteiger partial charge >= 0.3 is 0 Å². The predicted molar refractivity (Wildman–Crippen MR) is 77.0 cm³/mol. The second kappa shape index (κ2) is 6.34. The molecule has 0 atom stereocenters. The maximum atomic E-state index is 4.43. The highest BCUT2D eigenvalue weighted by Crippen LogP contribution is 2.11. The molecular weight excluding hydrogens is 224 g/mol. The highest BCUT2D eigenvalue weighted by Gasteiger charge is 2.09. The summed E-state index contributed by atoms with van der Waals surface area (Å²) < 4.78 is 1.96. The lowest BCUT2D eigenvalue weighted by atomic mass is 10.1. The molecule has 0 aliphatic rings. The van der Waals surface area contributed by atoms with Crippen molar-refractivity contribution in [3.8, 4) is 0 Å². The van der Waals surface area contributed by atoms with Gasteiger partial charge in [-0.3, -0.25) is 4.68 Å².